The average Bonchev–Trinajstić information content (AvgIpc) is 3.39. The Labute approximate surface area is 222 Å². The van der Waals surface area contributed by atoms with Crippen molar-refractivity contribution < 1.29 is 14.3 Å². The fraction of sp³-hybridized carbons (Fsp3) is 0.429. The SMILES string of the molecule is CCCCC(=O)Nc1csc(-c2cncc(-c3ccc(C(=O)N(C)C4CCN(C)CC4)c(OC)c3)n2)c1. The van der Waals surface area contributed by atoms with E-state index < -0.39 is 0 Å². The van der Waals surface area contributed by atoms with Crippen molar-refractivity contribution in [2.75, 3.05) is 39.6 Å². The fourth-order valence-corrected chi connectivity index (χ4v) is 5.28. The fourth-order valence-electron chi connectivity index (χ4n) is 4.49. The maximum absolute atomic E-state index is 13.3. The number of amides is 2. The van der Waals surface area contributed by atoms with Gasteiger partial charge in [0.15, 0.2) is 0 Å². The summed E-state index contributed by atoms with van der Waals surface area (Å²) in [6.07, 6.45) is 7.72. The highest BCUT2D eigenvalue weighted by atomic mass is 32.1. The van der Waals surface area contributed by atoms with Crippen molar-refractivity contribution in [3.8, 4) is 27.6 Å². The topological polar surface area (TPSA) is 87.7 Å². The third kappa shape index (κ3) is 6.53. The first-order valence-corrected chi connectivity index (χ1v) is 13.6. The molecule has 1 aliphatic rings. The van der Waals surface area contributed by atoms with E-state index in [0.717, 1.165) is 60.6 Å². The molecular formula is C28H35N5O3S. The second-order valence-corrected chi connectivity index (χ2v) is 10.4. The number of carbonyl (C=O) groups is 2. The molecule has 0 atom stereocenters. The molecule has 0 saturated carbocycles. The molecule has 8 nitrogen and oxygen atoms in total. The molecule has 0 bridgehead atoms. The van der Waals surface area contributed by atoms with Gasteiger partial charge in [-0.1, -0.05) is 19.4 Å². The second-order valence-electron chi connectivity index (χ2n) is 9.51. The summed E-state index contributed by atoms with van der Waals surface area (Å²) < 4.78 is 5.62. The van der Waals surface area contributed by atoms with Gasteiger partial charge >= 0.3 is 0 Å². The van der Waals surface area contributed by atoms with E-state index in [1.54, 1.807) is 19.5 Å². The van der Waals surface area contributed by atoms with Crippen LogP contribution >= 0.6 is 11.3 Å². The number of likely N-dealkylation sites (tertiary alicyclic amines) is 1. The first-order valence-electron chi connectivity index (χ1n) is 12.7. The van der Waals surface area contributed by atoms with Gasteiger partial charge in [-0.3, -0.25) is 14.6 Å². The number of piperidine rings is 1. The summed E-state index contributed by atoms with van der Waals surface area (Å²) in [6.45, 7) is 4.05. The van der Waals surface area contributed by atoms with Crippen molar-refractivity contribution >= 4 is 28.8 Å². The molecule has 0 radical (unpaired) electrons. The molecule has 0 unspecified atom stereocenters. The molecule has 1 aromatic carbocycles. The standard InChI is InChI=1S/C28H35N5O3S/c1-5-6-7-27(34)30-20-15-26(37-18-20)24-17-29-16-23(31-24)19-8-9-22(25(14-19)36-4)28(35)33(3)21-10-12-32(2)13-11-21/h8-9,14-18,21H,5-7,10-13H2,1-4H3,(H,30,34). The molecular weight excluding hydrogens is 486 g/mol. The molecule has 1 N–H and O–H groups in total. The van der Waals surface area contributed by atoms with Gasteiger partial charge in [-0.25, -0.2) is 4.98 Å². The molecule has 196 valence electrons. The highest BCUT2D eigenvalue weighted by Crippen LogP contribution is 2.32. The summed E-state index contributed by atoms with van der Waals surface area (Å²) in [5.41, 5.74) is 3.53. The van der Waals surface area contributed by atoms with Crippen LogP contribution in [-0.2, 0) is 4.79 Å². The third-order valence-corrected chi connectivity index (χ3v) is 7.76. The Morgan fingerprint density at radius 3 is 2.68 bits per heavy atom. The first kappa shape index (κ1) is 26.8. The Morgan fingerprint density at radius 1 is 1.19 bits per heavy atom. The number of aromatic nitrogens is 2. The van der Waals surface area contributed by atoms with Crippen molar-refractivity contribution in [2.24, 2.45) is 0 Å². The lowest BCUT2D eigenvalue weighted by Gasteiger charge is -2.35. The van der Waals surface area contributed by atoms with Crippen LogP contribution in [0.15, 0.2) is 42.0 Å². The summed E-state index contributed by atoms with van der Waals surface area (Å²) in [5, 5.41) is 4.86. The minimum atomic E-state index is -0.0371. The Balaban J connectivity index is 1.51. The van der Waals surface area contributed by atoms with Gasteiger partial charge in [0.05, 0.1) is 47.0 Å². The number of anilines is 1. The van der Waals surface area contributed by atoms with Crippen LogP contribution in [0.3, 0.4) is 0 Å². The maximum Gasteiger partial charge on any atom is 0.257 e. The highest BCUT2D eigenvalue weighted by molar-refractivity contribution is 7.14. The van der Waals surface area contributed by atoms with E-state index in [-0.39, 0.29) is 17.9 Å². The predicted octanol–water partition coefficient (Wildman–Crippen LogP) is 5.18. The zero-order valence-electron chi connectivity index (χ0n) is 22.0. The number of unbranched alkanes of at least 4 members (excludes halogenated alkanes) is 1. The van der Waals surface area contributed by atoms with Crippen LogP contribution in [0.4, 0.5) is 5.69 Å². The molecule has 9 heteroatoms. The van der Waals surface area contributed by atoms with Gasteiger partial charge in [0.1, 0.15) is 5.75 Å². The van der Waals surface area contributed by atoms with Gasteiger partial charge in [0, 0.05) is 30.5 Å². The monoisotopic (exact) mass is 521 g/mol. The average molecular weight is 522 g/mol. The summed E-state index contributed by atoms with van der Waals surface area (Å²) in [7, 11) is 5.57. The van der Waals surface area contributed by atoms with E-state index in [0.29, 0.717) is 23.4 Å². The Kier molecular flexibility index (Phi) is 8.89. The van der Waals surface area contributed by atoms with Gasteiger partial charge in [-0.05, 0) is 57.6 Å². The smallest absolute Gasteiger partial charge is 0.257 e. The van der Waals surface area contributed by atoms with Crippen LogP contribution in [0.1, 0.15) is 49.4 Å². The van der Waals surface area contributed by atoms with E-state index in [2.05, 4.69) is 29.2 Å². The zero-order valence-corrected chi connectivity index (χ0v) is 22.8. The number of methoxy groups -OCH3 is 1. The summed E-state index contributed by atoms with van der Waals surface area (Å²) in [6, 6.07) is 7.69. The van der Waals surface area contributed by atoms with E-state index in [9.17, 15) is 9.59 Å². The number of hydrogen-bond donors (Lipinski definition) is 1. The third-order valence-electron chi connectivity index (χ3n) is 6.81. The second kappa shape index (κ2) is 12.3. The van der Waals surface area contributed by atoms with E-state index >= 15 is 0 Å². The number of benzene rings is 1. The van der Waals surface area contributed by atoms with Crippen LogP contribution in [-0.4, -0.2) is 71.9 Å². The van der Waals surface area contributed by atoms with Crippen molar-refractivity contribution in [2.45, 2.75) is 45.1 Å². The van der Waals surface area contributed by atoms with Crippen molar-refractivity contribution in [1.82, 2.24) is 19.8 Å². The molecule has 1 saturated heterocycles. The van der Waals surface area contributed by atoms with Crippen LogP contribution in [0, 0.1) is 0 Å². The highest BCUT2D eigenvalue weighted by Gasteiger charge is 2.26. The summed E-state index contributed by atoms with van der Waals surface area (Å²) in [5.74, 6) is 0.502. The number of rotatable bonds is 9. The van der Waals surface area contributed by atoms with Gasteiger partial charge in [0.2, 0.25) is 5.91 Å². The lowest BCUT2D eigenvalue weighted by Crippen LogP contribution is -2.44. The molecule has 3 heterocycles. The van der Waals surface area contributed by atoms with Crippen LogP contribution in [0.5, 0.6) is 5.75 Å². The molecule has 2 amide bonds. The number of ether oxygens (including phenoxy) is 1. The van der Waals surface area contributed by atoms with Gasteiger partial charge < -0.3 is 19.9 Å². The lowest BCUT2D eigenvalue weighted by atomic mass is 10.0. The molecule has 2 aromatic heterocycles. The van der Waals surface area contributed by atoms with E-state index in [1.807, 2.05) is 41.6 Å². The molecule has 3 aromatic rings. The normalized spacial score (nSPS) is 14.4. The maximum atomic E-state index is 13.3. The van der Waals surface area contributed by atoms with Crippen molar-refractivity contribution in [1.29, 1.82) is 0 Å². The molecule has 1 fully saturated rings. The molecule has 4 rings (SSSR count). The molecule has 1 aliphatic heterocycles. The predicted molar refractivity (Wildman–Crippen MR) is 148 cm³/mol. The molecule has 0 spiro atoms. The number of nitrogens with zero attached hydrogens (tertiary/aromatic N) is 4. The summed E-state index contributed by atoms with van der Waals surface area (Å²) in [4.78, 5) is 39.6. The van der Waals surface area contributed by atoms with Crippen LogP contribution in [0.25, 0.3) is 21.8 Å². The Bertz CT molecular complexity index is 1240. The van der Waals surface area contributed by atoms with Crippen molar-refractivity contribution in [3.63, 3.8) is 0 Å². The van der Waals surface area contributed by atoms with Gasteiger partial charge in [-0.2, -0.15) is 0 Å². The Morgan fingerprint density at radius 2 is 1.95 bits per heavy atom. The quantitative estimate of drug-likeness (QED) is 0.418. The van der Waals surface area contributed by atoms with Gasteiger partial charge in [-0.15, -0.1) is 11.3 Å². The van der Waals surface area contributed by atoms with Crippen molar-refractivity contribution in [3.05, 3.63) is 47.6 Å². The van der Waals surface area contributed by atoms with E-state index in [1.165, 1.54) is 11.3 Å². The van der Waals surface area contributed by atoms with Gasteiger partial charge in [0.25, 0.3) is 5.91 Å². The lowest BCUT2D eigenvalue weighted by molar-refractivity contribution is -0.116. The minimum Gasteiger partial charge on any atom is -0.496 e. The summed E-state index contributed by atoms with van der Waals surface area (Å²) >= 11 is 1.51. The number of thiophene rings is 1. The number of nitrogens with one attached hydrogen (secondary N) is 1. The number of carbonyl (C=O) groups excluding carboxylic acids is 2. The molecule has 0 aliphatic carbocycles. The minimum absolute atomic E-state index is 0.0224. The first-order chi connectivity index (χ1) is 17.9. The van der Waals surface area contributed by atoms with Crippen LogP contribution < -0.4 is 10.1 Å². The molecule has 37 heavy (non-hydrogen) atoms. The van der Waals surface area contributed by atoms with Crippen LogP contribution in [0.2, 0.25) is 0 Å². The van der Waals surface area contributed by atoms with E-state index in [4.69, 9.17) is 9.72 Å². The Hall–Kier alpha value is -3.30. The largest absolute Gasteiger partial charge is 0.496 e. The number of hydrogen-bond acceptors (Lipinski definition) is 7. The zero-order chi connectivity index (χ0) is 26.4.